The van der Waals surface area contributed by atoms with E-state index in [1.54, 1.807) is 43.3 Å². The van der Waals surface area contributed by atoms with Gasteiger partial charge in [0, 0.05) is 5.56 Å². The van der Waals surface area contributed by atoms with Crippen molar-refractivity contribution >= 4 is 0 Å². The Morgan fingerprint density at radius 2 is 0.824 bits per heavy atom. The largest absolute Gasteiger partial charge is 0.203 e. The lowest BCUT2D eigenvalue weighted by Crippen LogP contribution is -2.09. The molecule has 0 unspecified atom stereocenters. The summed E-state index contributed by atoms with van der Waals surface area (Å²) < 4.78 is 117. The standard InChI is InChI=1S/C26H14F8/c1-11-8-14(13-6-4-3-5-7-13)10-15(9-11)16-21(29)25(33)18(26(34)22(16)30)17-23(31)19(27)12(2)20(28)24(17)32/h3-10H,1-2H3. The number of hydrogen-bond acceptors (Lipinski definition) is 0. The summed E-state index contributed by atoms with van der Waals surface area (Å²) in [6, 6.07) is 12.8. The predicted molar refractivity (Wildman–Crippen MR) is 112 cm³/mol. The van der Waals surface area contributed by atoms with Gasteiger partial charge in [-0.05, 0) is 42.2 Å². The normalized spacial score (nSPS) is 11.2. The highest BCUT2D eigenvalue weighted by Gasteiger charge is 2.33. The molecule has 0 N–H and O–H groups in total. The first-order valence-corrected chi connectivity index (χ1v) is 9.90. The lowest BCUT2D eigenvalue weighted by Gasteiger charge is -2.16. The summed E-state index contributed by atoms with van der Waals surface area (Å²) in [4.78, 5) is 0. The second kappa shape index (κ2) is 8.59. The van der Waals surface area contributed by atoms with E-state index in [4.69, 9.17) is 0 Å². The summed E-state index contributed by atoms with van der Waals surface area (Å²) in [7, 11) is 0. The minimum absolute atomic E-state index is 0.250. The molecule has 0 radical (unpaired) electrons. The fourth-order valence-corrected chi connectivity index (χ4v) is 3.79. The van der Waals surface area contributed by atoms with Gasteiger partial charge in [0.25, 0.3) is 0 Å². The third-order valence-electron chi connectivity index (χ3n) is 5.47. The van der Waals surface area contributed by atoms with Crippen molar-refractivity contribution in [2.45, 2.75) is 13.8 Å². The molecule has 0 spiro atoms. The van der Waals surface area contributed by atoms with Crippen LogP contribution < -0.4 is 0 Å². The highest BCUT2D eigenvalue weighted by molar-refractivity contribution is 5.78. The van der Waals surface area contributed by atoms with Gasteiger partial charge in [-0.25, -0.2) is 35.1 Å². The summed E-state index contributed by atoms with van der Waals surface area (Å²) in [5.74, 6) is -16.6. The first kappa shape index (κ1) is 23.5. The molecule has 0 aliphatic heterocycles. The van der Waals surface area contributed by atoms with Crippen molar-refractivity contribution in [3.63, 3.8) is 0 Å². The molecule has 0 heterocycles. The molecular formula is C26H14F8. The van der Waals surface area contributed by atoms with Gasteiger partial charge in [-0.1, -0.05) is 42.5 Å². The molecule has 0 nitrogen and oxygen atoms in total. The van der Waals surface area contributed by atoms with Crippen LogP contribution in [0.4, 0.5) is 35.1 Å². The molecule has 4 rings (SSSR count). The molecule has 174 valence electrons. The molecule has 0 bridgehead atoms. The minimum atomic E-state index is -2.20. The van der Waals surface area contributed by atoms with E-state index >= 15 is 8.78 Å². The van der Waals surface area contributed by atoms with E-state index in [1.807, 2.05) is 0 Å². The summed E-state index contributed by atoms with van der Waals surface area (Å²) in [6.07, 6.45) is 0. The predicted octanol–water partition coefficient (Wildman–Crippen LogP) is 8.42. The molecule has 4 aromatic rings. The first-order chi connectivity index (χ1) is 16.0. The molecule has 0 aliphatic carbocycles. The molecular weight excluding hydrogens is 464 g/mol. The van der Waals surface area contributed by atoms with E-state index < -0.39 is 68.8 Å². The van der Waals surface area contributed by atoms with Crippen molar-refractivity contribution in [1.82, 2.24) is 0 Å². The van der Waals surface area contributed by atoms with Gasteiger partial charge in [-0.2, -0.15) is 0 Å². The smallest absolute Gasteiger partial charge is 0.170 e. The second-order valence-electron chi connectivity index (χ2n) is 7.72. The van der Waals surface area contributed by atoms with Gasteiger partial charge in [0.05, 0.1) is 16.7 Å². The van der Waals surface area contributed by atoms with E-state index in [9.17, 15) is 26.3 Å². The van der Waals surface area contributed by atoms with Crippen molar-refractivity contribution in [2.75, 3.05) is 0 Å². The highest BCUT2D eigenvalue weighted by Crippen LogP contribution is 2.41. The van der Waals surface area contributed by atoms with Gasteiger partial charge in [-0.15, -0.1) is 0 Å². The number of rotatable bonds is 3. The Hall–Kier alpha value is -3.68. The molecule has 0 amide bonds. The van der Waals surface area contributed by atoms with Crippen molar-refractivity contribution in [3.05, 3.63) is 106 Å². The third kappa shape index (κ3) is 3.63. The van der Waals surface area contributed by atoms with Crippen molar-refractivity contribution < 1.29 is 35.1 Å². The maximum Gasteiger partial charge on any atom is 0.170 e. The molecule has 0 saturated heterocycles. The van der Waals surface area contributed by atoms with Crippen LogP contribution in [0.25, 0.3) is 33.4 Å². The van der Waals surface area contributed by atoms with Gasteiger partial charge < -0.3 is 0 Å². The Kier molecular flexibility index (Phi) is 5.93. The third-order valence-corrected chi connectivity index (χ3v) is 5.47. The second-order valence-corrected chi connectivity index (χ2v) is 7.72. The van der Waals surface area contributed by atoms with Crippen molar-refractivity contribution in [3.8, 4) is 33.4 Å². The fraction of sp³-hybridized carbons (Fsp3) is 0.0769. The van der Waals surface area contributed by atoms with E-state index in [1.165, 1.54) is 12.1 Å². The number of aryl methyl sites for hydroxylation is 1. The molecule has 0 atom stereocenters. The van der Waals surface area contributed by atoms with E-state index in [2.05, 4.69) is 0 Å². The molecule has 34 heavy (non-hydrogen) atoms. The molecule has 8 heteroatoms. The summed E-state index contributed by atoms with van der Waals surface area (Å²) in [5.41, 5.74) is -4.60. The maximum absolute atomic E-state index is 15.1. The summed E-state index contributed by atoms with van der Waals surface area (Å²) in [6.45, 7) is 2.29. The van der Waals surface area contributed by atoms with Crippen LogP contribution in [0.5, 0.6) is 0 Å². The van der Waals surface area contributed by atoms with E-state index in [0.717, 1.165) is 0 Å². The van der Waals surface area contributed by atoms with Gasteiger partial charge in [-0.3, -0.25) is 0 Å². The van der Waals surface area contributed by atoms with E-state index in [0.29, 0.717) is 23.6 Å². The lowest BCUT2D eigenvalue weighted by atomic mass is 9.93. The fourth-order valence-electron chi connectivity index (χ4n) is 3.79. The SMILES string of the molecule is Cc1cc(-c2ccccc2)cc(-c2c(F)c(F)c(-c3c(F)c(F)c(C)c(F)c3F)c(F)c2F)c1. The monoisotopic (exact) mass is 478 g/mol. The van der Waals surface area contributed by atoms with Crippen LogP contribution in [0, 0.1) is 60.4 Å². The Morgan fingerprint density at radius 1 is 0.412 bits per heavy atom. The van der Waals surface area contributed by atoms with Crippen LogP contribution in [0.1, 0.15) is 11.1 Å². The zero-order valence-corrected chi connectivity index (χ0v) is 17.6. The van der Waals surface area contributed by atoms with Gasteiger partial charge in [0.2, 0.25) is 0 Å². The van der Waals surface area contributed by atoms with Gasteiger partial charge in [0.15, 0.2) is 46.5 Å². The van der Waals surface area contributed by atoms with Crippen molar-refractivity contribution in [2.24, 2.45) is 0 Å². The van der Waals surface area contributed by atoms with Gasteiger partial charge >= 0.3 is 0 Å². The van der Waals surface area contributed by atoms with Crippen LogP contribution in [0.3, 0.4) is 0 Å². The average Bonchev–Trinajstić information content (AvgIpc) is 2.82. The van der Waals surface area contributed by atoms with Gasteiger partial charge in [0.1, 0.15) is 0 Å². The summed E-state index contributed by atoms with van der Waals surface area (Å²) in [5, 5.41) is 0. The highest BCUT2D eigenvalue weighted by atomic mass is 19.2. The Balaban J connectivity index is 2.01. The average molecular weight is 478 g/mol. The molecule has 0 aromatic heterocycles. The number of hydrogen-bond donors (Lipinski definition) is 0. The Labute approximate surface area is 189 Å². The number of halogens is 8. The Bertz CT molecular complexity index is 1380. The maximum atomic E-state index is 15.1. The van der Waals surface area contributed by atoms with Crippen LogP contribution in [-0.4, -0.2) is 0 Å². The molecule has 0 aliphatic rings. The zero-order valence-electron chi connectivity index (χ0n) is 17.6. The lowest BCUT2D eigenvalue weighted by molar-refractivity contribution is 0.438. The Morgan fingerprint density at radius 3 is 1.32 bits per heavy atom. The van der Waals surface area contributed by atoms with Crippen molar-refractivity contribution in [1.29, 1.82) is 0 Å². The minimum Gasteiger partial charge on any atom is -0.203 e. The van der Waals surface area contributed by atoms with E-state index in [-0.39, 0.29) is 5.56 Å². The molecule has 0 saturated carbocycles. The van der Waals surface area contributed by atoms with Crippen LogP contribution in [0.2, 0.25) is 0 Å². The summed E-state index contributed by atoms with van der Waals surface area (Å²) >= 11 is 0. The van der Waals surface area contributed by atoms with Crippen LogP contribution in [-0.2, 0) is 0 Å². The first-order valence-electron chi connectivity index (χ1n) is 9.90. The zero-order chi connectivity index (χ0) is 24.9. The molecule has 0 fully saturated rings. The van der Waals surface area contributed by atoms with Crippen LogP contribution in [0.15, 0.2) is 48.5 Å². The molecule has 4 aromatic carbocycles. The van der Waals surface area contributed by atoms with Crippen LogP contribution >= 0.6 is 0 Å². The topological polar surface area (TPSA) is 0 Å². The number of benzene rings is 4. The quantitative estimate of drug-likeness (QED) is 0.205.